The van der Waals surface area contributed by atoms with E-state index in [0.29, 0.717) is 0 Å². The van der Waals surface area contributed by atoms with E-state index in [1.54, 1.807) is 13.6 Å². The fourth-order valence-corrected chi connectivity index (χ4v) is 3.34. The lowest BCUT2D eigenvalue weighted by atomic mass is 9.87. The molecule has 23 nitrogen and oxygen atoms in total. The molecular weight excluding hydrogens is 742 g/mol. The Morgan fingerprint density at radius 1 is 0.518 bits per heavy atom. The Morgan fingerprint density at radius 2 is 0.768 bits per heavy atom. The first-order valence-corrected chi connectivity index (χ1v) is 17.6. The Kier molecular flexibility index (Phi) is 45.6. The Balaban J connectivity index is -0.000000228. The molecule has 0 aliphatic rings. The van der Waals surface area contributed by atoms with Gasteiger partial charge in [0.05, 0.1) is 25.7 Å². The molecule has 56 heavy (non-hydrogen) atoms. The second-order valence-corrected chi connectivity index (χ2v) is 11.4. The molecule has 0 unspecified atom stereocenters. The van der Waals surface area contributed by atoms with Crippen molar-refractivity contribution in [3.05, 3.63) is 0 Å². The fraction of sp³-hybridized carbons (Fsp3) is 0.793. The van der Waals surface area contributed by atoms with Crippen LogP contribution in [-0.4, -0.2) is 168 Å². The quantitative estimate of drug-likeness (QED) is 0.0220. The number of hydrogen-bond acceptors (Lipinski definition) is 20. The Hall–Kier alpha value is -3.36. The van der Waals surface area contributed by atoms with Gasteiger partial charge in [0.15, 0.2) is 0 Å². The molecule has 0 aliphatic heterocycles. The van der Waals surface area contributed by atoms with Crippen LogP contribution in [0, 0.1) is 0 Å². The summed E-state index contributed by atoms with van der Waals surface area (Å²) < 4.78 is 15.1. The van der Waals surface area contributed by atoms with E-state index in [2.05, 4.69) is 37.3 Å². The van der Waals surface area contributed by atoms with E-state index in [-0.39, 0.29) is 97.0 Å². The summed E-state index contributed by atoms with van der Waals surface area (Å²) in [6.07, 6.45) is -1.88. The summed E-state index contributed by atoms with van der Waals surface area (Å²) in [5.41, 5.74) is 15.1. The number of ether oxygens (including phenoxy) is 3. The van der Waals surface area contributed by atoms with Crippen molar-refractivity contribution < 1.29 is 68.2 Å². The highest BCUT2D eigenvalue weighted by Crippen LogP contribution is 2.00. The molecule has 2 amide bonds. The minimum Gasteiger partial charge on any atom is -0.481 e. The molecule has 0 radical (unpaired) electrons. The maximum absolute atomic E-state index is 11.6. The zero-order chi connectivity index (χ0) is 43.4. The topological polar surface area (TPSA) is 381 Å². The minimum atomic E-state index is -1.07. The van der Waals surface area contributed by atoms with E-state index in [0.717, 1.165) is 0 Å². The van der Waals surface area contributed by atoms with Gasteiger partial charge in [-0.05, 0) is 34.3 Å². The maximum atomic E-state index is 11.6. The summed E-state index contributed by atoms with van der Waals surface area (Å²) >= 11 is 0. The number of nitrogens with two attached hydrogens (primary N) is 3. The smallest absolute Gasteiger partial charge is 0.373 e. The summed E-state index contributed by atoms with van der Waals surface area (Å²) in [7, 11) is 1.53. The monoisotopic (exact) mass is 812 g/mol. The van der Waals surface area contributed by atoms with Crippen LogP contribution in [0.3, 0.4) is 0 Å². The van der Waals surface area contributed by atoms with Crippen molar-refractivity contribution in [1.29, 1.82) is 0 Å². The lowest BCUT2D eigenvalue weighted by Crippen LogP contribution is -2.46. The number of rotatable bonds is 26. The highest BCUT2D eigenvalue weighted by molar-refractivity contribution is 6.46. The highest BCUT2D eigenvalue weighted by atomic mass is 16.6. The lowest BCUT2D eigenvalue weighted by Gasteiger charge is -2.20. The van der Waals surface area contributed by atoms with Crippen molar-refractivity contribution >= 4 is 63.9 Å². The van der Waals surface area contributed by atoms with Gasteiger partial charge in [-0.1, -0.05) is 7.43 Å². The molecular formula is C29H69B4N9O14. The number of hydrogen-bond donors (Lipinski definition) is 14. The average molecular weight is 811 g/mol. The van der Waals surface area contributed by atoms with E-state index in [9.17, 15) is 28.8 Å². The third-order valence-corrected chi connectivity index (χ3v) is 6.20. The van der Waals surface area contributed by atoms with Crippen LogP contribution in [0.5, 0.6) is 0 Å². The summed E-state index contributed by atoms with van der Waals surface area (Å²) in [4.78, 5) is 66.2. The first kappa shape index (κ1) is 61.9. The van der Waals surface area contributed by atoms with Gasteiger partial charge in [-0.3, -0.25) is 28.8 Å². The van der Waals surface area contributed by atoms with E-state index in [1.807, 2.05) is 0 Å². The number of carboxylic acid groups (broad SMARTS) is 1. The molecule has 0 rings (SSSR count). The highest BCUT2D eigenvalue weighted by Gasteiger charge is 2.19. The number of carboxylic acids is 1. The molecule has 0 aromatic heterocycles. The molecule has 0 aromatic carbocycles. The molecule has 0 fully saturated rings. The molecule has 0 saturated carbocycles. The van der Waals surface area contributed by atoms with Gasteiger partial charge in [0.2, 0.25) is 11.8 Å². The predicted molar refractivity (Wildman–Crippen MR) is 215 cm³/mol. The Bertz CT molecular complexity index is 1020. The second-order valence-electron chi connectivity index (χ2n) is 11.4. The van der Waals surface area contributed by atoms with Crippen LogP contribution in [0.4, 0.5) is 0 Å². The van der Waals surface area contributed by atoms with Crippen molar-refractivity contribution in [3.8, 4) is 0 Å². The fourth-order valence-electron chi connectivity index (χ4n) is 3.34. The Labute approximate surface area is 332 Å². The maximum Gasteiger partial charge on any atom is 0.373 e. The zero-order valence-electron chi connectivity index (χ0n) is 33.2. The Morgan fingerprint density at radius 3 is 0.982 bits per heavy atom. The van der Waals surface area contributed by atoms with Crippen molar-refractivity contribution in [2.45, 2.75) is 91.6 Å². The summed E-state index contributed by atoms with van der Waals surface area (Å²) in [6.45, 7) is 7.39. The molecule has 27 heteroatoms. The molecule has 0 atom stereocenters. The third kappa shape index (κ3) is 46.8. The van der Waals surface area contributed by atoms with Gasteiger partial charge in [0.25, 0.3) is 0 Å². The number of amides is 2. The van der Waals surface area contributed by atoms with Gasteiger partial charge in [-0.15, -0.1) is 0 Å². The lowest BCUT2D eigenvalue weighted by molar-refractivity contribution is -0.151. The number of nitrogens with one attached hydrogen (secondary N) is 6. The van der Waals surface area contributed by atoms with E-state index in [4.69, 9.17) is 50.9 Å². The van der Waals surface area contributed by atoms with Gasteiger partial charge >= 0.3 is 52.1 Å². The largest absolute Gasteiger partial charge is 0.481 e. The minimum absolute atomic E-state index is 0. The summed E-state index contributed by atoms with van der Waals surface area (Å²) in [5, 5.41) is 60.6. The zero-order valence-corrected chi connectivity index (χ0v) is 33.2. The molecule has 0 aliphatic carbocycles. The number of carbonyl (C=O) groups excluding carboxylic acids is 5. The molecule has 0 bridgehead atoms. The van der Waals surface area contributed by atoms with Crippen LogP contribution in [0.1, 0.15) is 46.0 Å². The summed E-state index contributed by atoms with van der Waals surface area (Å²) in [5.74, 6) is -3.08. The van der Waals surface area contributed by atoms with Crippen molar-refractivity contribution in [2.75, 3.05) is 60.4 Å². The third-order valence-electron chi connectivity index (χ3n) is 6.20. The van der Waals surface area contributed by atoms with Crippen LogP contribution in [0.15, 0.2) is 0 Å². The molecule has 17 N–H and O–H groups in total. The van der Waals surface area contributed by atoms with E-state index >= 15 is 0 Å². The van der Waals surface area contributed by atoms with Gasteiger partial charge in [0, 0.05) is 66.2 Å². The predicted octanol–water partition coefficient (Wildman–Crippen LogP) is -5.46. The number of carbonyl (C=O) groups is 6. The van der Waals surface area contributed by atoms with Gasteiger partial charge in [-0.25, -0.2) is 0 Å². The van der Waals surface area contributed by atoms with Crippen molar-refractivity contribution in [2.24, 2.45) is 17.2 Å². The first-order chi connectivity index (χ1) is 25.8. The van der Waals surface area contributed by atoms with Crippen LogP contribution < -0.4 is 48.7 Å². The SMILES string of the molecule is C.CB(O)NCC(CNB(C)O)OC(=O)CCC(=O)O.CN.CNC(=O)CCC(=O)OC(CN)CN.CNC(=O)CCC(=O)OC(CNB(C)O)CNB(C)O. The second kappa shape index (κ2) is 41.3. The van der Waals surface area contributed by atoms with Gasteiger partial charge in [0.1, 0.15) is 18.3 Å². The van der Waals surface area contributed by atoms with Crippen molar-refractivity contribution in [3.63, 3.8) is 0 Å². The molecule has 0 aromatic rings. The average Bonchev–Trinajstić information content (AvgIpc) is 3.14. The van der Waals surface area contributed by atoms with Gasteiger partial charge in [-0.2, -0.15) is 0 Å². The summed E-state index contributed by atoms with van der Waals surface area (Å²) in [6, 6.07) is 0. The number of esters is 3. The standard InChI is InChI=1S/C10H23B2N3O5.C9H20B2N2O6.C8H17N3O3.CH5N.CH4/c1-11(18)14-6-8(7-15-12(2)19)20-10(17)5-4-9(16)13-3;1-10(17)12-5-7(6-13-11(2)18)19-9(16)4-3-8(14)15;1-11-7(12)2-3-8(13)14-6(4-9)5-10;1-2;/h8,14-15,18-19H,4-7H2,1-3H3,(H,13,16);7,12-13,17-18H,3-6H2,1-2H3,(H,14,15);6H,2-5,9-10H2,1H3,(H,11,12);2H2,1H3;1H4. The normalized spacial score (nSPS) is 9.80. The van der Waals surface area contributed by atoms with Crippen LogP contribution in [-0.2, 0) is 43.0 Å². The molecule has 0 saturated heterocycles. The van der Waals surface area contributed by atoms with Crippen molar-refractivity contribution in [1.82, 2.24) is 31.5 Å². The molecule has 0 spiro atoms. The van der Waals surface area contributed by atoms with Crippen LogP contribution >= 0.6 is 0 Å². The molecule has 0 heterocycles. The van der Waals surface area contributed by atoms with Crippen LogP contribution in [0.25, 0.3) is 0 Å². The first-order valence-electron chi connectivity index (χ1n) is 17.6. The molecule has 326 valence electrons. The van der Waals surface area contributed by atoms with Gasteiger partial charge < -0.3 is 88.2 Å². The van der Waals surface area contributed by atoms with E-state index in [1.165, 1.54) is 34.8 Å². The van der Waals surface area contributed by atoms with E-state index < -0.39 is 70.4 Å². The number of aliphatic carboxylic acids is 1. The van der Waals surface area contributed by atoms with Crippen LogP contribution in [0.2, 0.25) is 27.3 Å².